The van der Waals surface area contributed by atoms with Gasteiger partial charge in [-0.2, -0.15) is 0 Å². The van der Waals surface area contributed by atoms with Gasteiger partial charge in [0, 0.05) is 55.6 Å². The monoisotopic (exact) mass is 618 g/mol. The zero-order chi connectivity index (χ0) is 30.1. The Morgan fingerprint density at radius 2 is 2.10 bits per heavy atom. The van der Waals surface area contributed by atoms with E-state index in [1.807, 2.05) is 13.8 Å². The van der Waals surface area contributed by atoms with Crippen molar-refractivity contribution in [2.24, 2.45) is 10.9 Å². The summed E-state index contributed by atoms with van der Waals surface area (Å²) in [4.78, 5) is 53.4. The first-order chi connectivity index (χ1) is 20.1. The molecule has 2 amide bonds. The predicted octanol–water partition coefficient (Wildman–Crippen LogP) is 3.37. The summed E-state index contributed by atoms with van der Waals surface area (Å²) in [5, 5.41) is 15.7. The van der Waals surface area contributed by atoms with Gasteiger partial charge in [-0.25, -0.2) is 19.0 Å². The molecule has 1 aromatic heterocycles. The second-order valence-electron chi connectivity index (χ2n) is 10.7. The molecule has 42 heavy (non-hydrogen) atoms. The zero-order valence-corrected chi connectivity index (χ0v) is 25.0. The number of ether oxygens (including phenoxy) is 1. The minimum Gasteiger partial charge on any atom is -0.480 e. The average molecular weight is 619 g/mol. The first-order valence-corrected chi connectivity index (χ1v) is 15.0. The minimum absolute atomic E-state index is 0.00164. The average Bonchev–Trinajstić information content (AvgIpc) is 3.58. The number of esters is 1. The van der Waals surface area contributed by atoms with Crippen LogP contribution >= 0.6 is 22.9 Å². The summed E-state index contributed by atoms with van der Waals surface area (Å²) < 4.78 is 20.0. The van der Waals surface area contributed by atoms with Crippen LogP contribution in [-0.4, -0.2) is 100 Å². The third-order valence-electron chi connectivity index (χ3n) is 7.44. The molecule has 4 heterocycles. The van der Waals surface area contributed by atoms with Crippen molar-refractivity contribution in [1.82, 2.24) is 25.0 Å². The van der Waals surface area contributed by atoms with Crippen molar-refractivity contribution in [2.45, 2.75) is 38.9 Å². The van der Waals surface area contributed by atoms with Crippen LogP contribution in [-0.2, 0) is 14.3 Å². The second kappa shape index (κ2) is 12.4. The highest BCUT2D eigenvalue weighted by Crippen LogP contribution is 2.38. The highest BCUT2D eigenvalue weighted by molar-refractivity contribution is 7.11. The molecular formula is C28H32ClFN6O5S. The molecule has 5 rings (SSSR count). The number of carboxylic acid groups (broad SMARTS) is 1. The summed E-state index contributed by atoms with van der Waals surface area (Å²) in [5.41, 5.74) is 0.709. The molecule has 11 nitrogen and oxygen atoms in total. The van der Waals surface area contributed by atoms with Gasteiger partial charge in [0.25, 0.3) is 0 Å². The van der Waals surface area contributed by atoms with Crippen molar-refractivity contribution in [3.63, 3.8) is 0 Å². The molecular weight excluding hydrogens is 587 g/mol. The molecule has 3 aliphatic heterocycles. The molecule has 0 spiro atoms. The Balaban J connectivity index is 1.57. The Morgan fingerprint density at radius 1 is 1.31 bits per heavy atom. The van der Waals surface area contributed by atoms with Crippen LogP contribution in [0.4, 0.5) is 9.18 Å². The third-order valence-corrected chi connectivity index (χ3v) is 8.62. The van der Waals surface area contributed by atoms with E-state index in [1.165, 1.54) is 23.5 Å². The standard InChI is InChI=1S/C28H32ClFN6O5S/c1-4-41-27(39)20-18(13-34-9-10-36-19(23(34)26(37)38)14-35(28(36)40)12-15(2)3)32-24(25-31-8-11-42-25)33-22(20)16-6-5-7-17(30)21(16)29/h5-8,11,15,19,22-23H,4,9-10,12-14H2,1-3H3,(H,32,33)(H,37,38). The number of fused-ring (bicyclic) bond motifs is 1. The van der Waals surface area contributed by atoms with E-state index >= 15 is 0 Å². The van der Waals surface area contributed by atoms with E-state index in [0.29, 0.717) is 29.6 Å². The van der Waals surface area contributed by atoms with Crippen LogP contribution in [0, 0.1) is 11.7 Å². The minimum atomic E-state index is -1.07. The fourth-order valence-electron chi connectivity index (χ4n) is 5.75. The van der Waals surface area contributed by atoms with Gasteiger partial charge in [0.1, 0.15) is 17.9 Å². The number of carboxylic acids is 1. The van der Waals surface area contributed by atoms with Crippen molar-refractivity contribution in [3.05, 3.63) is 62.5 Å². The Hall–Kier alpha value is -3.55. The molecule has 0 bridgehead atoms. The van der Waals surface area contributed by atoms with Gasteiger partial charge in [-0.1, -0.05) is 37.6 Å². The topological polar surface area (TPSA) is 128 Å². The molecule has 2 saturated heterocycles. The maximum Gasteiger partial charge on any atom is 0.338 e. The van der Waals surface area contributed by atoms with Gasteiger partial charge < -0.3 is 25.0 Å². The summed E-state index contributed by atoms with van der Waals surface area (Å²) in [7, 11) is 0. The number of nitrogens with one attached hydrogen (secondary N) is 1. The van der Waals surface area contributed by atoms with Gasteiger partial charge in [-0.3, -0.25) is 14.7 Å². The number of aromatic nitrogens is 1. The first kappa shape index (κ1) is 29.9. The number of nitrogens with zero attached hydrogens (tertiary/aromatic N) is 5. The van der Waals surface area contributed by atoms with Crippen molar-refractivity contribution in [3.8, 4) is 0 Å². The van der Waals surface area contributed by atoms with Crippen LogP contribution < -0.4 is 5.32 Å². The van der Waals surface area contributed by atoms with Crippen LogP contribution in [0.2, 0.25) is 5.02 Å². The third kappa shape index (κ3) is 5.72. The summed E-state index contributed by atoms with van der Waals surface area (Å²) in [6, 6.07) is 1.49. The SMILES string of the molecule is CCOC(=O)C1=C(CN2CCN3C(=O)N(CC(C)C)CC3C2C(=O)O)NC(c2nccs2)=NC1c1cccc(F)c1Cl. The van der Waals surface area contributed by atoms with E-state index in [0.717, 1.165) is 0 Å². The molecule has 2 fully saturated rings. The quantitative estimate of drug-likeness (QED) is 0.410. The highest BCUT2D eigenvalue weighted by atomic mass is 35.5. The van der Waals surface area contributed by atoms with E-state index in [9.17, 15) is 23.9 Å². The Morgan fingerprint density at radius 3 is 2.76 bits per heavy atom. The maximum absolute atomic E-state index is 14.6. The van der Waals surface area contributed by atoms with Gasteiger partial charge in [-0.05, 0) is 18.9 Å². The van der Waals surface area contributed by atoms with Crippen molar-refractivity contribution < 1.29 is 28.6 Å². The zero-order valence-electron chi connectivity index (χ0n) is 23.4. The lowest BCUT2D eigenvalue weighted by Crippen LogP contribution is -2.62. The lowest BCUT2D eigenvalue weighted by atomic mass is 9.94. The molecule has 2 aromatic rings. The van der Waals surface area contributed by atoms with Gasteiger partial charge in [0.05, 0.1) is 23.2 Å². The van der Waals surface area contributed by atoms with Crippen LogP contribution in [0.3, 0.4) is 0 Å². The number of benzene rings is 1. The molecule has 0 radical (unpaired) electrons. The fraction of sp³-hybridized carbons (Fsp3) is 0.464. The van der Waals surface area contributed by atoms with Gasteiger partial charge in [0.2, 0.25) is 0 Å². The largest absolute Gasteiger partial charge is 0.480 e. The van der Waals surface area contributed by atoms with E-state index in [1.54, 1.807) is 39.3 Å². The van der Waals surface area contributed by atoms with Crippen LogP contribution in [0.1, 0.15) is 37.4 Å². The normalized spacial score (nSPS) is 22.8. The first-order valence-electron chi connectivity index (χ1n) is 13.7. The predicted molar refractivity (Wildman–Crippen MR) is 155 cm³/mol. The summed E-state index contributed by atoms with van der Waals surface area (Å²) in [5.74, 6) is -1.85. The number of amidine groups is 1. The molecule has 3 aliphatic rings. The fourth-order valence-corrected chi connectivity index (χ4v) is 6.56. The number of thiazole rings is 1. The Labute approximate surface area is 251 Å². The molecule has 0 saturated carbocycles. The number of amides is 2. The number of aliphatic carboxylic acids is 1. The number of rotatable bonds is 9. The van der Waals surface area contributed by atoms with Crippen molar-refractivity contribution in [2.75, 3.05) is 39.3 Å². The number of carbonyl (C=O) groups is 3. The lowest BCUT2D eigenvalue weighted by molar-refractivity contribution is -0.147. The van der Waals surface area contributed by atoms with Gasteiger partial charge in [0.15, 0.2) is 10.8 Å². The number of hydrogen-bond donors (Lipinski definition) is 2. The van der Waals surface area contributed by atoms with Gasteiger partial charge >= 0.3 is 18.0 Å². The lowest BCUT2D eigenvalue weighted by Gasteiger charge is -2.42. The second-order valence-corrected chi connectivity index (χ2v) is 12.0. The van der Waals surface area contributed by atoms with Gasteiger partial charge in [-0.15, -0.1) is 11.3 Å². The van der Waals surface area contributed by atoms with E-state index in [-0.39, 0.29) is 54.3 Å². The smallest absolute Gasteiger partial charge is 0.338 e. The number of aliphatic imine (C=N–C) groups is 1. The molecule has 3 unspecified atom stereocenters. The molecule has 2 N–H and O–H groups in total. The highest BCUT2D eigenvalue weighted by Gasteiger charge is 2.50. The summed E-state index contributed by atoms with van der Waals surface area (Å²) in [6.07, 6.45) is 1.61. The van der Waals surface area contributed by atoms with Crippen molar-refractivity contribution in [1.29, 1.82) is 0 Å². The number of hydrogen-bond acceptors (Lipinski definition) is 9. The van der Waals surface area contributed by atoms with Crippen LogP contribution in [0.5, 0.6) is 0 Å². The summed E-state index contributed by atoms with van der Waals surface area (Å²) in [6.45, 7) is 7.16. The van der Waals surface area contributed by atoms with Crippen LogP contribution in [0.15, 0.2) is 46.0 Å². The molecule has 0 aliphatic carbocycles. The number of urea groups is 1. The Kier molecular flexibility index (Phi) is 8.81. The number of halogens is 2. The van der Waals surface area contributed by atoms with Crippen molar-refractivity contribution >= 4 is 46.7 Å². The molecule has 224 valence electrons. The van der Waals surface area contributed by atoms with Crippen LogP contribution in [0.25, 0.3) is 0 Å². The van der Waals surface area contributed by atoms with E-state index in [4.69, 9.17) is 21.3 Å². The maximum atomic E-state index is 14.6. The molecule has 3 atom stereocenters. The molecule has 1 aromatic carbocycles. The van der Waals surface area contributed by atoms with E-state index in [2.05, 4.69) is 10.3 Å². The molecule has 14 heteroatoms. The van der Waals surface area contributed by atoms with E-state index < -0.39 is 35.9 Å². The number of piperazine rings is 1. The Bertz CT molecular complexity index is 1430. The summed E-state index contributed by atoms with van der Waals surface area (Å²) >= 11 is 7.71. The number of carbonyl (C=O) groups excluding carboxylic acids is 2.